The second kappa shape index (κ2) is 8.53. The summed E-state index contributed by atoms with van der Waals surface area (Å²) in [7, 11) is 1.63. The molecule has 3 heteroatoms. The van der Waals surface area contributed by atoms with Crippen LogP contribution in [0.4, 0.5) is 0 Å². The molecule has 0 heterocycles. The zero-order chi connectivity index (χ0) is 19.3. The molecule has 0 aromatic heterocycles. The Morgan fingerprint density at radius 2 is 1.89 bits per heavy atom. The Labute approximate surface area is 162 Å². The predicted octanol–water partition coefficient (Wildman–Crippen LogP) is 5.16. The fourth-order valence-corrected chi connectivity index (χ4v) is 3.57. The van der Waals surface area contributed by atoms with Gasteiger partial charge in [0.15, 0.2) is 0 Å². The highest BCUT2D eigenvalue weighted by molar-refractivity contribution is 5.76. The van der Waals surface area contributed by atoms with E-state index in [1.54, 1.807) is 7.11 Å². The zero-order valence-electron chi connectivity index (χ0n) is 16.4. The minimum Gasteiger partial charge on any atom is -0.460 e. The molecule has 0 amide bonds. The van der Waals surface area contributed by atoms with Gasteiger partial charge in [-0.2, -0.15) is 0 Å². The number of carbonyl (C=O) groups is 1. The van der Waals surface area contributed by atoms with Crippen LogP contribution in [-0.4, -0.2) is 19.2 Å². The van der Waals surface area contributed by atoms with Gasteiger partial charge in [0.2, 0.25) is 0 Å². The summed E-state index contributed by atoms with van der Waals surface area (Å²) >= 11 is 0. The van der Waals surface area contributed by atoms with Crippen LogP contribution < -0.4 is 0 Å². The SMILES string of the molecule is COC1C=CC(C(C)(C)C2=CCCC=C2)=CC1C(=O)OCc1ccccc1. The molecule has 1 aromatic rings. The van der Waals surface area contributed by atoms with Gasteiger partial charge in [-0.05, 0) is 29.6 Å². The lowest BCUT2D eigenvalue weighted by Gasteiger charge is -2.33. The number of rotatable bonds is 6. The molecule has 2 unspecified atom stereocenters. The van der Waals surface area contributed by atoms with Crippen molar-refractivity contribution >= 4 is 5.97 Å². The summed E-state index contributed by atoms with van der Waals surface area (Å²) in [6.45, 7) is 4.67. The number of carbonyl (C=O) groups excluding carboxylic acids is 1. The molecule has 2 aliphatic carbocycles. The first kappa shape index (κ1) is 19.4. The number of benzene rings is 1. The van der Waals surface area contributed by atoms with E-state index in [0.29, 0.717) is 0 Å². The standard InChI is InChI=1S/C24H28O3/c1-24(2,19-12-8-5-9-13-19)20-14-15-22(26-3)21(16-20)23(25)27-17-18-10-6-4-7-11-18/h4,6-8,10-16,21-22H,5,9,17H2,1-3H3. The van der Waals surface area contributed by atoms with Crippen molar-refractivity contribution in [3.05, 3.63) is 83.5 Å². The summed E-state index contributed by atoms with van der Waals surface area (Å²) in [5.41, 5.74) is 3.23. The van der Waals surface area contributed by atoms with Gasteiger partial charge in [-0.1, -0.05) is 80.6 Å². The average Bonchev–Trinajstić information content (AvgIpc) is 2.73. The monoisotopic (exact) mass is 364 g/mol. The number of methoxy groups -OCH3 is 1. The third kappa shape index (κ3) is 4.48. The maximum atomic E-state index is 12.8. The van der Waals surface area contributed by atoms with Gasteiger partial charge in [-0.3, -0.25) is 4.79 Å². The Morgan fingerprint density at radius 1 is 1.11 bits per heavy atom. The molecule has 3 nitrogen and oxygen atoms in total. The molecule has 2 atom stereocenters. The molecular formula is C24H28O3. The molecule has 0 aliphatic heterocycles. The van der Waals surface area contributed by atoms with Crippen molar-refractivity contribution in [2.24, 2.45) is 11.3 Å². The summed E-state index contributed by atoms with van der Waals surface area (Å²) in [4.78, 5) is 12.8. The third-order valence-electron chi connectivity index (χ3n) is 5.39. The number of hydrogen-bond acceptors (Lipinski definition) is 3. The van der Waals surface area contributed by atoms with Crippen LogP contribution in [0.25, 0.3) is 0 Å². The second-order valence-electron chi connectivity index (χ2n) is 7.56. The Kier molecular flexibility index (Phi) is 6.12. The van der Waals surface area contributed by atoms with Crippen LogP contribution in [0.3, 0.4) is 0 Å². The summed E-state index contributed by atoms with van der Waals surface area (Å²) < 4.78 is 11.1. The fraction of sp³-hybridized carbons (Fsp3) is 0.375. The van der Waals surface area contributed by atoms with Crippen LogP contribution in [0, 0.1) is 11.3 Å². The van der Waals surface area contributed by atoms with E-state index in [9.17, 15) is 4.79 Å². The van der Waals surface area contributed by atoms with Crippen LogP contribution in [0.2, 0.25) is 0 Å². The fourth-order valence-electron chi connectivity index (χ4n) is 3.57. The largest absolute Gasteiger partial charge is 0.460 e. The van der Waals surface area contributed by atoms with Gasteiger partial charge in [-0.25, -0.2) is 0 Å². The minimum absolute atomic E-state index is 0.163. The highest BCUT2D eigenvalue weighted by Gasteiger charge is 2.34. The van der Waals surface area contributed by atoms with Gasteiger partial charge in [0, 0.05) is 12.5 Å². The lowest BCUT2D eigenvalue weighted by Crippen LogP contribution is -2.32. The second-order valence-corrected chi connectivity index (χ2v) is 7.56. The van der Waals surface area contributed by atoms with Crippen molar-refractivity contribution in [1.29, 1.82) is 0 Å². The van der Waals surface area contributed by atoms with E-state index in [1.165, 1.54) is 5.57 Å². The molecule has 0 spiro atoms. The third-order valence-corrected chi connectivity index (χ3v) is 5.39. The van der Waals surface area contributed by atoms with Crippen LogP contribution in [-0.2, 0) is 20.9 Å². The maximum Gasteiger partial charge on any atom is 0.316 e. The summed E-state index contributed by atoms with van der Waals surface area (Å²) in [5, 5.41) is 0. The topological polar surface area (TPSA) is 35.5 Å². The van der Waals surface area contributed by atoms with Crippen LogP contribution in [0.15, 0.2) is 77.9 Å². The van der Waals surface area contributed by atoms with E-state index in [4.69, 9.17) is 9.47 Å². The molecule has 0 saturated carbocycles. The smallest absolute Gasteiger partial charge is 0.316 e. The lowest BCUT2D eigenvalue weighted by atomic mass is 9.72. The van der Waals surface area contributed by atoms with Gasteiger partial charge in [0.05, 0.1) is 6.10 Å². The van der Waals surface area contributed by atoms with Crippen molar-refractivity contribution in [3.8, 4) is 0 Å². The van der Waals surface area contributed by atoms with E-state index in [1.807, 2.05) is 42.5 Å². The van der Waals surface area contributed by atoms with E-state index in [-0.39, 0.29) is 24.1 Å². The highest BCUT2D eigenvalue weighted by atomic mass is 16.5. The van der Waals surface area contributed by atoms with Crippen LogP contribution in [0.1, 0.15) is 32.3 Å². The first-order valence-corrected chi connectivity index (χ1v) is 9.53. The first-order chi connectivity index (χ1) is 13.0. The van der Waals surface area contributed by atoms with Crippen molar-refractivity contribution < 1.29 is 14.3 Å². The van der Waals surface area contributed by atoms with Crippen molar-refractivity contribution in [2.75, 3.05) is 7.11 Å². The molecule has 0 radical (unpaired) electrons. The van der Waals surface area contributed by atoms with Gasteiger partial charge in [0.25, 0.3) is 0 Å². The number of hydrogen-bond donors (Lipinski definition) is 0. The van der Waals surface area contributed by atoms with Crippen molar-refractivity contribution in [3.63, 3.8) is 0 Å². The van der Waals surface area contributed by atoms with E-state index < -0.39 is 5.92 Å². The molecule has 3 rings (SSSR count). The summed E-state index contributed by atoms with van der Waals surface area (Å²) in [5.74, 6) is -0.692. The maximum absolute atomic E-state index is 12.8. The molecular weight excluding hydrogens is 336 g/mol. The Hall–Kier alpha value is -2.39. The quantitative estimate of drug-likeness (QED) is 0.654. The lowest BCUT2D eigenvalue weighted by molar-refractivity contribution is -0.151. The normalized spacial score (nSPS) is 22.2. The number of allylic oxidation sites excluding steroid dienone is 6. The molecule has 2 aliphatic rings. The van der Waals surface area contributed by atoms with Gasteiger partial charge in [-0.15, -0.1) is 0 Å². The Bertz CT molecular complexity index is 781. The van der Waals surface area contributed by atoms with E-state index >= 15 is 0 Å². The Morgan fingerprint density at radius 3 is 2.56 bits per heavy atom. The zero-order valence-corrected chi connectivity index (χ0v) is 16.4. The van der Waals surface area contributed by atoms with Crippen molar-refractivity contribution in [2.45, 2.75) is 39.4 Å². The summed E-state index contributed by atoms with van der Waals surface area (Å²) in [6, 6.07) is 9.73. The van der Waals surface area contributed by atoms with Crippen molar-refractivity contribution in [1.82, 2.24) is 0 Å². The Balaban J connectivity index is 1.77. The molecule has 142 valence electrons. The molecule has 1 aromatic carbocycles. The molecule has 0 N–H and O–H groups in total. The van der Waals surface area contributed by atoms with Gasteiger partial charge >= 0.3 is 5.97 Å². The number of esters is 1. The highest BCUT2D eigenvalue weighted by Crippen LogP contribution is 2.40. The predicted molar refractivity (Wildman–Crippen MR) is 108 cm³/mol. The molecule has 27 heavy (non-hydrogen) atoms. The molecule has 0 saturated heterocycles. The average molecular weight is 364 g/mol. The first-order valence-electron chi connectivity index (χ1n) is 9.53. The number of ether oxygens (including phenoxy) is 2. The van der Waals surface area contributed by atoms with Gasteiger partial charge < -0.3 is 9.47 Å². The van der Waals surface area contributed by atoms with E-state index in [0.717, 1.165) is 24.0 Å². The van der Waals surface area contributed by atoms with E-state index in [2.05, 4.69) is 38.2 Å². The molecule has 0 fully saturated rings. The van der Waals surface area contributed by atoms with Crippen LogP contribution >= 0.6 is 0 Å². The van der Waals surface area contributed by atoms with Crippen LogP contribution in [0.5, 0.6) is 0 Å². The molecule has 0 bridgehead atoms. The van der Waals surface area contributed by atoms with Gasteiger partial charge in [0.1, 0.15) is 12.5 Å². The minimum atomic E-state index is -0.439. The summed E-state index contributed by atoms with van der Waals surface area (Å²) in [6.07, 6.45) is 14.6.